The van der Waals surface area contributed by atoms with Crippen LogP contribution in [0.25, 0.3) is 16.7 Å². The Balaban J connectivity index is 2.33. The van der Waals surface area contributed by atoms with Crippen molar-refractivity contribution in [2.45, 2.75) is 0 Å². The number of pyridine rings is 1. The number of hydrogen-bond donors (Lipinski definition) is 0. The summed E-state index contributed by atoms with van der Waals surface area (Å²) in [6.07, 6.45) is 1.61. The van der Waals surface area contributed by atoms with E-state index >= 15 is 0 Å². The summed E-state index contributed by atoms with van der Waals surface area (Å²) in [4.78, 5) is 16.2. The molecule has 0 aliphatic carbocycles. The van der Waals surface area contributed by atoms with Crippen molar-refractivity contribution >= 4 is 10.9 Å². The van der Waals surface area contributed by atoms with E-state index in [9.17, 15) is 4.79 Å². The maximum Gasteiger partial charge on any atom is 0.283 e. The summed E-state index contributed by atoms with van der Waals surface area (Å²) in [5.74, 6) is 0.468. The topological polar surface area (TPSA) is 60.7 Å². The van der Waals surface area contributed by atoms with E-state index in [2.05, 4.69) is 15.3 Å². The second-order valence-electron chi connectivity index (χ2n) is 3.51. The molecule has 5 nitrogen and oxygen atoms in total. The summed E-state index contributed by atoms with van der Waals surface area (Å²) < 4.78 is 1.20. The quantitative estimate of drug-likeness (QED) is 0.622. The number of aromatic nitrogens is 4. The number of fused-ring (bicyclic) bond motifs is 1. The van der Waals surface area contributed by atoms with Gasteiger partial charge in [0.05, 0.1) is 5.39 Å². The van der Waals surface area contributed by atoms with Crippen molar-refractivity contribution in [2.24, 2.45) is 0 Å². The first-order valence-electron chi connectivity index (χ1n) is 5.12. The van der Waals surface area contributed by atoms with Gasteiger partial charge in [-0.25, -0.2) is 4.98 Å². The number of rotatable bonds is 1. The average Bonchev–Trinajstić information content (AvgIpc) is 2.40. The molecule has 0 bridgehead atoms. The van der Waals surface area contributed by atoms with Crippen LogP contribution >= 0.6 is 0 Å². The summed E-state index contributed by atoms with van der Waals surface area (Å²) in [7, 11) is 0. The van der Waals surface area contributed by atoms with Crippen LogP contribution in [-0.2, 0) is 0 Å². The third kappa shape index (κ3) is 1.57. The van der Waals surface area contributed by atoms with Crippen molar-refractivity contribution in [3.05, 3.63) is 59.0 Å². The molecule has 0 saturated heterocycles. The molecule has 3 rings (SSSR count). The minimum absolute atomic E-state index is 0.214. The van der Waals surface area contributed by atoms with Gasteiger partial charge in [-0.3, -0.25) is 4.79 Å². The largest absolute Gasteiger partial charge is 0.283 e. The third-order valence-corrected chi connectivity index (χ3v) is 2.44. The van der Waals surface area contributed by atoms with Gasteiger partial charge < -0.3 is 0 Å². The van der Waals surface area contributed by atoms with E-state index in [0.717, 1.165) is 0 Å². The van der Waals surface area contributed by atoms with Crippen LogP contribution in [0.1, 0.15) is 0 Å². The van der Waals surface area contributed by atoms with Crippen LogP contribution in [-0.4, -0.2) is 20.0 Å². The zero-order valence-electron chi connectivity index (χ0n) is 8.82. The predicted molar refractivity (Wildman–Crippen MR) is 62.9 cm³/mol. The first-order chi connectivity index (χ1) is 8.36. The van der Waals surface area contributed by atoms with Crippen LogP contribution in [0.3, 0.4) is 0 Å². The Kier molecular flexibility index (Phi) is 2.15. The Bertz CT molecular complexity index is 721. The van der Waals surface area contributed by atoms with Crippen molar-refractivity contribution < 1.29 is 0 Å². The molecule has 3 aromatic rings. The maximum absolute atomic E-state index is 12.1. The first kappa shape index (κ1) is 9.65. The van der Waals surface area contributed by atoms with E-state index in [1.54, 1.807) is 42.6 Å². The molecule has 0 spiro atoms. The first-order valence-corrected chi connectivity index (χ1v) is 5.12. The fourth-order valence-electron chi connectivity index (χ4n) is 1.62. The monoisotopic (exact) mass is 224 g/mol. The highest BCUT2D eigenvalue weighted by atomic mass is 16.1. The lowest BCUT2D eigenvalue weighted by molar-refractivity contribution is 0.720. The summed E-state index contributed by atoms with van der Waals surface area (Å²) >= 11 is 0. The van der Waals surface area contributed by atoms with Crippen molar-refractivity contribution in [1.29, 1.82) is 0 Å². The number of hydrogen-bond acceptors (Lipinski definition) is 4. The molecule has 0 N–H and O–H groups in total. The van der Waals surface area contributed by atoms with Crippen LogP contribution in [0.2, 0.25) is 0 Å². The summed E-state index contributed by atoms with van der Waals surface area (Å²) in [6, 6.07) is 12.4. The second kappa shape index (κ2) is 3.79. The zero-order valence-corrected chi connectivity index (χ0v) is 8.82. The van der Waals surface area contributed by atoms with E-state index in [1.807, 2.05) is 6.07 Å². The molecule has 1 aromatic carbocycles. The van der Waals surface area contributed by atoms with Crippen molar-refractivity contribution in [3.8, 4) is 5.82 Å². The second-order valence-corrected chi connectivity index (χ2v) is 3.51. The van der Waals surface area contributed by atoms with E-state index in [4.69, 9.17) is 0 Å². The highest BCUT2D eigenvalue weighted by Crippen LogP contribution is 2.05. The fraction of sp³-hybridized carbons (Fsp3) is 0. The molecule has 82 valence electrons. The van der Waals surface area contributed by atoms with Crippen molar-refractivity contribution in [3.63, 3.8) is 0 Å². The zero-order chi connectivity index (χ0) is 11.7. The Hall–Kier alpha value is -2.56. The van der Waals surface area contributed by atoms with Gasteiger partial charge in [-0.1, -0.05) is 23.4 Å². The molecule has 0 fully saturated rings. The van der Waals surface area contributed by atoms with Crippen LogP contribution in [0, 0.1) is 0 Å². The van der Waals surface area contributed by atoms with Gasteiger partial charge in [0.2, 0.25) is 0 Å². The van der Waals surface area contributed by atoms with E-state index < -0.39 is 0 Å². The molecule has 2 heterocycles. The van der Waals surface area contributed by atoms with Gasteiger partial charge in [-0.2, -0.15) is 4.68 Å². The average molecular weight is 224 g/mol. The van der Waals surface area contributed by atoms with Crippen LogP contribution in [0.15, 0.2) is 53.5 Å². The summed E-state index contributed by atoms with van der Waals surface area (Å²) in [6.45, 7) is 0. The number of benzene rings is 1. The Morgan fingerprint density at radius 3 is 2.65 bits per heavy atom. The smallest absolute Gasteiger partial charge is 0.267 e. The lowest BCUT2D eigenvalue weighted by Gasteiger charge is -2.02. The molecule has 0 atom stereocenters. The Morgan fingerprint density at radius 1 is 1.00 bits per heavy atom. The van der Waals surface area contributed by atoms with E-state index in [1.165, 1.54) is 4.68 Å². The summed E-state index contributed by atoms with van der Waals surface area (Å²) in [5.41, 5.74) is 0.374. The van der Waals surface area contributed by atoms with Gasteiger partial charge in [-0.15, -0.1) is 5.10 Å². The highest BCUT2D eigenvalue weighted by molar-refractivity contribution is 5.76. The lowest BCUT2D eigenvalue weighted by Crippen LogP contribution is -2.23. The van der Waals surface area contributed by atoms with Crippen molar-refractivity contribution in [2.75, 3.05) is 0 Å². The maximum atomic E-state index is 12.1. The molecule has 17 heavy (non-hydrogen) atoms. The van der Waals surface area contributed by atoms with Gasteiger partial charge in [-0.05, 0) is 24.3 Å². The molecule has 0 radical (unpaired) electrons. The minimum atomic E-state index is -0.214. The summed E-state index contributed by atoms with van der Waals surface area (Å²) in [5, 5.41) is 8.39. The minimum Gasteiger partial charge on any atom is -0.267 e. The SMILES string of the molecule is O=c1c2ccccc2nnn1-c1ccccn1. The molecule has 0 aliphatic heterocycles. The Labute approximate surface area is 96.4 Å². The third-order valence-electron chi connectivity index (χ3n) is 2.44. The van der Waals surface area contributed by atoms with Crippen LogP contribution in [0.4, 0.5) is 0 Å². The molecule has 0 saturated carbocycles. The normalized spacial score (nSPS) is 10.6. The number of nitrogens with zero attached hydrogens (tertiary/aromatic N) is 4. The lowest BCUT2D eigenvalue weighted by atomic mass is 10.2. The van der Waals surface area contributed by atoms with Crippen LogP contribution < -0.4 is 5.56 Å². The standard InChI is InChI=1S/C12H8N4O/c17-12-9-5-1-2-6-10(9)14-15-16(12)11-7-3-4-8-13-11/h1-8H. The Morgan fingerprint density at radius 2 is 1.82 bits per heavy atom. The molecule has 5 heteroatoms. The van der Waals surface area contributed by atoms with Gasteiger partial charge >= 0.3 is 0 Å². The molecule has 2 aromatic heterocycles. The van der Waals surface area contributed by atoms with Crippen LogP contribution in [0.5, 0.6) is 0 Å². The molecule has 0 aliphatic rings. The van der Waals surface area contributed by atoms with E-state index in [0.29, 0.717) is 16.7 Å². The predicted octanol–water partition coefficient (Wildman–Crippen LogP) is 1.18. The van der Waals surface area contributed by atoms with Gasteiger partial charge in [0.25, 0.3) is 5.56 Å². The van der Waals surface area contributed by atoms with E-state index in [-0.39, 0.29) is 5.56 Å². The van der Waals surface area contributed by atoms with Gasteiger partial charge in [0.15, 0.2) is 5.82 Å². The molecule has 0 amide bonds. The molecular weight excluding hydrogens is 216 g/mol. The van der Waals surface area contributed by atoms with Gasteiger partial charge in [0, 0.05) is 6.20 Å². The van der Waals surface area contributed by atoms with Gasteiger partial charge in [0.1, 0.15) is 5.52 Å². The fourth-order valence-corrected chi connectivity index (χ4v) is 1.62. The van der Waals surface area contributed by atoms with Crippen molar-refractivity contribution in [1.82, 2.24) is 20.0 Å². The molecular formula is C12H8N4O. The highest BCUT2D eigenvalue weighted by Gasteiger charge is 2.06. The molecule has 0 unspecified atom stereocenters.